The van der Waals surface area contributed by atoms with Gasteiger partial charge in [0.05, 0.1) is 24.6 Å². The monoisotopic (exact) mass is 337 g/mol. The molecule has 0 bridgehead atoms. The van der Waals surface area contributed by atoms with Gasteiger partial charge in [-0.2, -0.15) is 10.2 Å². The Hall–Kier alpha value is -3.03. The van der Waals surface area contributed by atoms with E-state index in [1.165, 1.54) is 0 Å². The van der Waals surface area contributed by atoms with E-state index >= 15 is 0 Å². The van der Waals surface area contributed by atoms with Crippen molar-refractivity contribution < 1.29 is 4.79 Å². The number of hydrogen-bond acceptors (Lipinski definition) is 5. The number of carbonyl (C=O) groups is 1. The first-order chi connectivity index (χ1) is 12.1. The summed E-state index contributed by atoms with van der Waals surface area (Å²) in [5.74, 6) is 1.63. The third-order valence-electron chi connectivity index (χ3n) is 4.33. The van der Waals surface area contributed by atoms with E-state index in [2.05, 4.69) is 20.2 Å². The first-order valence-electron chi connectivity index (χ1n) is 8.20. The largest absolute Gasteiger partial charge is 0.336 e. The topological polar surface area (TPSA) is 81.7 Å². The Balaban J connectivity index is 1.58. The van der Waals surface area contributed by atoms with Crippen LogP contribution >= 0.6 is 0 Å². The van der Waals surface area contributed by atoms with Gasteiger partial charge in [-0.25, -0.2) is 9.67 Å². The zero-order chi connectivity index (χ0) is 17.4. The number of rotatable bonds is 4. The fraction of sp³-hybridized carbons (Fsp3) is 0.353. The van der Waals surface area contributed by atoms with Gasteiger partial charge in [-0.15, -0.1) is 0 Å². The molecule has 3 aromatic heterocycles. The summed E-state index contributed by atoms with van der Waals surface area (Å²) >= 11 is 0. The number of aromatic nitrogens is 6. The maximum atomic E-state index is 12.4. The van der Waals surface area contributed by atoms with Gasteiger partial charge in [-0.3, -0.25) is 14.5 Å². The van der Waals surface area contributed by atoms with Crippen LogP contribution in [0.1, 0.15) is 29.7 Å². The van der Waals surface area contributed by atoms with Crippen molar-refractivity contribution in [1.82, 2.24) is 34.4 Å². The minimum atomic E-state index is 0.0117. The Morgan fingerprint density at radius 1 is 1.32 bits per heavy atom. The average molecular weight is 337 g/mol. The summed E-state index contributed by atoms with van der Waals surface area (Å²) in [6.07, 6.45) is 5.82. The predicted molar refractivity (Wildman–Crippen MR) is 89.9 cm³/mol. The van der Waals surface area contributed by atoms with Crippen LogP contribution in [0.4, 0.5) is 0 Å². The van der Waals surface area contributed by atoms with Crippen molar-refractivity contribution in [2.75, 3.05) is 6.54 Å². The predicted octanol–water partition coefficient (Wildman–Crippen LogP) is 1.22. The summed E-state index contributed by atoms with van der Waals surface area (Å²) in [6, 6.07) is 5.74. The first-order valence-corrected chi connectivity index (χ1v) is 8.20. The van der Waals surface area contributed by atoms with Gasteiger partial charge in [-0.05, 0) is 19.1 Å². The standard InChI is InChI=1S/C17H19N7O/c1-12-20-17(24(21-12)15-8-19-22(2)11-15)13-7-16(25)23(9-13)10-14-5-3-4-6-18-14/h3-6,8,11,13H,7,9-10H2,1-2H3. The second-order valence-electron chi connectivity index (χ2n) is 6.30. The molecule has 0 N–H and O–H groups in total. The van der Waals surface area contributed by atoms with E-state index < -0.39 is 0 Å². The SMILES string of the molecule is Cc1nc(C2CC(=O)N(Cc3ccccn3)C2)n(-c2cnn(C)c2)n1. The Bertz CT molecular complexity index is 899. The van der Waals surface area contributed by atoms with Crippen LogP contribution in [0.5, 0.6) is 0 Å². The molecule has 0 saturated carbocycles. The molecule has 3 aromatic rings. The van der Waals surface area contributed by atoms with Gasteiger partial charge >= 0.3 is 0 Å². The number of likely N-dealkylation sites (tertiary alicyclic amines) is 1. The summed E-state index contributed by atoms with van der Waals surface area (Å²) in [6.45, 7) is 3.00. The summed E-state index contributed by atoms with van der Waals surface area (Å²) < 4.78 is 3.52. The third kappa shape index (κ3) is 3.02. The van der Waals surface area contributed by atoms with E-state index in [1.54, 1.807) is 21.8 Å². The highest BCUT2D eigenvalue weighted by Gasteiger charge is 2.34. The van der Waals surface area contributed by atoms with Crippen LogP contribution in [0.3, 0.4) is 0 Å². The number of nitrogens with zero attached hydrogens (tertiary/aromatic N) is 7. The second-order valence-corrected chi connectivity index (χ2v) is 6.30. The molecule has 1 unspecified atom stereocenters. The van der Waals surface area contributed by atoms with Crippen molar-refractivity contribution in [1.29, 1.82) is 0 Å². The molecule has 128 valence electrons. The lowest BCUT2D eigenvalue weighted by atomic mass is 10.1. The average Bonchev–Trinajstić information content (AvgIpc) is 3.28. The maximum Gasteiger partial charge on any atom is 0.223 e. The van der Waals surface area contributed by atoms with Crippen molar-refractivity contribution in [3.8, 4) is 5.69 Å². The minimum absolute atomic E-state index is 0.0117. The Labute approximate surface area is 145 Å². The van der Waals surface area contributed by atoms with Crippen LogP contribution < -0.4 is 0 Å². The van der Waals surface area contributed by atoms with Crippen molar-refractivity contribution >= 4 is 5.91 Å². The molecule has 0 aromatic carbocycles. The van der Waals surface area contributed by atoms with E-state index in [-0.39, 0.29) is 11.8 Å². The molecule has 0 spiro atoms. The zero-order valence-corrected chi connectivity index (χ0v) is 14.2. The fourth-order valence-electron chi connectivity index (χ4n) is 3.19. The van der Waals surface area contributed by atoms with E-state index in [9.17, 15) is 4.79 Å². The minimum Gasteiger partial charge on any atom is -0.336 e. The van der Waals surface area contributed by atoms with E-state index in [4.69, 9.17) is 0 Å². The molecule has 1 fully saturated rings. The van der Waals surface area contributed by atoms with Crippen LogP contribution in [0, 0.1) is 6.92 Å². The van der Waals surface area contributed by atoms with Crippen LogP contribution in [0.15, 0.2) is 36.8 Å². The van der Waals surface area contributed by atoms with Crippen LogP contribution in [-0.4, -0.2) is 46.9 Å². The van der Waals surface area contributed by atoms with Crippen molar-refractivity contribution in [3.63, 3.8) is 0 Å². The van der Waals surface area contributed by atoms with Crippen molar-refractivity contribution in [2.45, 2.75) is 25.8 Å². The number of pyridine rings is 1. The molecule has 25 heavy (non-hydrogen) atoms. The summed E-state index contributed by atoms with van der Waals surface area (Å²) in [4.78, 5) is 23.2. The summed E-state index contributed by atoms with van der Waals surface area (Å²) in [7, 11) is 1.86. The molecule has 8 nitrogen and oxygen atoms in total. The van der Waals surface area contributed by atoms with Crippen molar-refractivity contribution in [3.05, 3.63) is 54.1 Å². The highest BCUT2D eigenvalue weighted by atomic mass is 16.2. The lowest BCUT2D eigenvalue weighted by molar-refractivity contribution is -0.128. The molecule has 1 aliphatic rings. The maximum absolute atomic E-state index is 12.4. The van der Waals surface area contributed by atoms with Gasteiger partial charge < -0.3 is 4.90 Å². The Morgan fingerprint density at radius 2 is 2.20 bits per heavy atom. The third-order valence-corrected chi connectivity index (χ3v) is 4.33. The Morgan fingerprint density at radius 3 is 2.92 bits per heavy atom. The van der Waals surface area contributed by atoms with Gasteiger partial charge in [0.1, 0.15) is 17.3 Å². The van der Waals surface area contributed by atoms with Crippen LogP contribution in [-0.2, 0) is 18.4 Å². The number of carbonyl (C=O) groups excluding carboxylic acids is 1. The summed E-state index contributed by atoms with van der Waals surface area (Å²) in [5, 5.41) is 8.68. The molecule has 8 heteroatoms. The van der Waals surface area contributed by atoms with E-state index in [0.717, 1.165) is 17.2 Å². The molecule has 1 aliphatic heterocycles. The molecular weight excluding hydrogens is 318 g/mol. The lowest BCUT2D eigenvalue weighted by Crippen LogP contribution is -2.25. The van der Waals surface area contributed by atoms with E-state index in [0.29, 0.717) is 25.3 Å². The second kappa shape index (κ2) is 6.12. The number of hydrogen-bond donors (Lipinski definition) is 0. The number of aryl methyl sites for hydroxylation is 2. The van der Waals surface area contributed by atoms with Gasteiger partial charge in [0, 0.05) is 32.1 Å². The Kier molecular flexibility index (Phi) is 3.79. The smallest absolute Gasteiger partial charge is 0.223 e. The van der Waals surface area contributed by atoms with Crippen LogP contribution in [0.25, 0.3) is 5.69 Å². The first kappa shape index (κ1) is 15.5. The van der Waals surface area contributed by atoms with Gasteiger partial charge in [-0.1, -0.05) is 6.07 Å². The lowest BCUT2D eigenvalue weighted by Gasteiger charge is -2.16. The molecule has 1 saturated heterocycles. The molecule has 4 heterocycles. The molecule has 0 radical (unpaired) electrons. The van der Waals surface area contributed by atoms with Crippen LogP contribution in [0.2, 0.25) is 0 Å². The molecular formula is C17H19N7O. The highest BCUT2D eigenvalue weighted by Crippen LogP contribution is 2.29. The van der Waals surface area contributed by atoms with Crippen molar-refractivity contribution in [2.24, 2.45) is 7.05 Å². The number of amides is 1. The highest BCUT2D eigenvalue weighted by molar-refractivity contribution is 5.79. The molecule has 1 amide bonds. The van der Waals surface area contributed by atoms with E-state index in [1.807, 2.05) is 43.3 Å². The summed E-state index contributed by atoms with van der Waals surface area (Å²) in [5.41, 5.74) is 1.75. The molecule has 4 rings (SSSR count). The van der Waals surface area contributed by atoms with Gasteiger partial charge in [0.2, 0.25) is 5.91 Å². The van der Waals surface area contributed by atoms with Gasteiger partial charge in [0.15, 0.2) is 0 Å². The zero-order valence-electron chi connectivity index (χ0n) is 14.2. The van der Waals surface area contributed by atoms with Gasteiger partial charge in [0.25, 0.3) is 0 Å². The normalized spacial score (nSPS) is 17.4. The molecule has 1 atom stereocenters. The quantitative estimate of drug-likeness (QED) is 0.715. The fourth-order valence-corrected chi connectivity index (χ4v) is 3.19. The molecule has 0 aliphatic carbocycles.